The molecule has 2 aromatic rings. The summed E-state index contributed by atoms with van der Waals surface area (Å²) in [7, 11) is 6.10. The van der Waals surface area contributed by atoms with E-state index in [9.17, 15) is 4.79 Å². The largest absolute Gasteiger partial charge is 0.493 e. The van der Waals surface area contributed by atoms with Gasteiger partial charge in [-0.1, -0.05) is 24.8 Å². The summed E-state index contributed by atoms with van der Waals surface area (Å²) in [6, 6.07) is 5.59. The Morgan fingerprint density at radius 3 is 2.51 bits per heavy atom. The number of hydrogen-bond donors (Lipinski definition) is 1. The van der Waals surface area contributed by atoms with E-state index in [-0.39, 0.29) is 12.4 Å². The third-order valence-corrected chi connectivity index (χ3v) is 5.43. The number of aliphatic imine (C=N–C) groups is 1. The first-order chi connectivity index (χ1) is 16.9. The Bertz CT molecular complexity index is 1290. The number of esters is 1. The van der Waals surface area contributed by atoms with Crippen LogP contribution in [0.25, 0.3) is 18.5 Å². The lowest BCUT2D eigenvalue weighted by molar-refractivity contribution is -0.139. The predicted molar refractivity (Wildman–Crippen MR) is 139 cm³/mol. The van der Waals surface area contributed by atoms with Crippen LogP contribution in [0, 0.1) is 0 Å². The third-order valence-electron chi connectivity index (χ3n) is 5.43. The second kappa shape index (κ2) is 11.8. The number of anilines is 1. The van der Waals surface area contributed by atoms with Gasteiger partial charge in [-0.15, -0.1) is 0 Å². The molecule has 0 bridgehead atoms. The Morgan fingerprint density at radius 1 is 1.17 bits per heavy atom. The topological polar surface area (TPSA) is 83.3 Å². The van der Waals surface area contributed by atoms with E-state index >= 15 is 0 Å². The third kappa shape index (κ3) is 6.23. The van der Waals surface area contributed by atoms with E-state index in [0.717, 1.165) is 27.5 Å². The highest BCUT2D eigenvalue weighted by molar-refractivity contribution is 5.95. The summed E-state index contributed by atoms with van der Waals surface area (Å²) in [6.07, 6.45) is 12.5. The molecule has 1 aromatic carbocycles. The molecular formula is C27H31N3O5. The molecule has 35 heavy (non-hydrogen) atoms. The minimum atomic E-state index is -0.275. The van der Waals surface area contributed by atoms with E-state index in [2.05, 4.69) is 16.9 Å². The number of nitrogens with one attached hydrogen (secondary N) is 1. The van der Waals surface area contributed by atoms with E-state index in [4.69, 9.17) is 18.9 Å². The average Bonchev–Trinajstić information content (AvgIpc) is 3.07. The van der Waals surface area contributed by atoms with Crippen molar-refractivity contribution < 1.29 is 23.7 Å². The van der Waals surface area contributed by atoms with Gasteiger partial charge in [0.1, 0.15) is 5.84 Å². The van der Waals surface area contributed by atoms with Crippen molar-refractivity contribution in [3.8, 4) is 17.2 Å². The molecule has 0 aliphatic heterocycles. The van der Waals surface area contributed by atoms with E-state index in [1.807, 2.05) is 60.2 Å². The molecule has 0 fully saturated rings. The maximum absolute atomic E-state index is 11.7. The molecule has 1 aliphatic carbocycles. The summed E-state index contributed by atoms with van der Waals surface area (Å²) in [5.41, 5.74) is 2.64. The summed E-state index contributed by atoms with van der Waals surface area (Å²) in [5, 5.41) is 4.92. The summed E-state index contributed by atoms with van der Waals surface area (Å²) in [5.74, 6) is 2.02. The van der Waals surface area contributed by atoms with Crippen molar-refractivity contribution in [3.63, 3.8) is 0 Å². The van der Waals surface area contributed by atoms with Crippen LogP contribution in [0.1, 0.15) is 19.8 Å². The molecular weight excluding hydrogens is 446 g/mol. The van der Waals surface area contributed by atoms with Crippen LogP contribution in [-0.2, 0) is 9.53 Å². The average molecular weight is 478 g/mol. The van der Waals surface area contributed by atoms with E-state index in [0.29, 0.717) is 29.5 Å². The SMILES string of the molecule is C=c1/c(=C\N=C(C)Nc2cc(OC)c(OC)c(OC)c2)ccn1C1=CC(CC(=O)OC)=CC=CC1. The number of ether oxygens (including phenoxy) is 4. The van der Waals surface area contributed by atoms with Gasteiger partial charge in [0, 0.05) is 52.9 Å². The smallest absolute Gasteiger partial charge is 0.309 e. The maximum Gasteiger partial charge on any atom is 0.309 e. The summed E-state index contributed by atoms with van der Waals surface area (Å²) < 4.78 is 23.0. The normalized spacial score (nSPS) is 14.1. The van der Waals surface area contributed by atoms with Gasteiger partial charge in [-0.3, -0.25) is 4.79 Å². The van der Waals surface area contributed by atoms with Crippen LogP contribution in [-0.4, -0.2) is 44.8 Å². The van der Waals surface area contributed by atoms with Crippen LogP contribution >= 0.6 is 0 Å². The number of carbonyl (C=O) groups is 1. The van der Waals surface area contributed by atoms with Gasteiger partial charge in [-0.05, 0) is 24.6 Å². The standard InChI is InChI=1S/C27H31N3O5/c1-18-21(11-12-30(18)23-10-8-7-9-20(13-23)14-26(31)34-5)17-28-19(2)29-22-15-24(32-3)27(35-6)25(16-22)33-4/h7-9,11-13,15-17H,1,10,14H2,2-6H3,(H,28,29)/b21-17-. The fourth-order valence-electron chi connectivity index (χ4n) is 3.65. The first-order valence-electron chi connectivity index (χ1n) is 11.0. The lowest BCUT2D eigenvalue weighted by Crippen LogP contribution is -2.26. The molecule has 0 amide bonds. The Kier molecular flexibility index (Phi) is 8.56. The summed E-state index contributed by atoms with van der Waals surface area (Å²) >= 11 is 0. The number of aromatic nitrogens is 1. The zero-order valence-electron chi connectivity index (χ0n) is 20.8. The summed E-state index contributed by atoms with van der Waals surface area (Å²) in [6.45, 7) is 6.10. The Morgan fingerprint density at radius 2 is 1.89 bits per heavy atom. The Hall–Kier alpha value is -4.20. The van der Waals surface area contributed by atoms with Gasteiger partial charge in [0.15, 0.2) is 11.5 Å². The number of carbonyl (C=O) groups excluding carboxylic acids is 1. The lowest BCUT2D eigenvalue weighted by atomic mass is 10.1. The fourth-order valence-corrected chi connectivity index (χ4v) is 3.65. The number of benzene rings is 1. The van der Waals surface area contributed by atoms with Crippen LogP contribution in [0.4, 0.5) is 5.69 Å². The first-order valence-corrected chi connectivity index (χ1v) is 11.0. The van der Waals surface area contributed by atoms with Gasteiger partial charge in [0.05, 0.1) is 34.9 Å². The second-order valence-electron chi connectivity index (χ2n) is 7.73. The number of rotatable bonds is 8. The molecule has 0 spiro atoms. The van der Waals surface area contributed by atoms with E-state index in [1.165, 1.54) is 7.11 Å². The highest BCUT2D eigenvalue weighted by atomic mass is 16.5. The highest BCUT2D eigenvalue weighted by Crippen LogP contribution is 2.39. The molecule has 0 saturated carbocycles. The van der Waals surface area contributed by atoms with Crippen molar-refractivity contribution in [2.45, 2.75) is 19.8 Å². The van der Waals surface area contributed by atoms with Crippen LogP contribution in [0.15, 0.2) is 59.3 Å². The Labute approximate surface area is 205 Å². The van der Waals surface area contributed by atoms with Crippen LogP contribution in [0.5, 0.6) is 17.2 Å². The lowest BCUT2D eigenvalue weighted by Gasteiger charge is -2.14. The number of hydrogen-bond acceptors (Lipinski definition) is 6. The zero-order valence-corrected chi connectivity index (χ0v) is 20.8. The van der Waals surface area contributed by atoms with Crippen molar-refractivity contribution in [2.75, 3.05) is 33.8 Å². The number of allylic oxidation sites excluding steroid dienone is 5. The zero-order chi connectivity index (χ0) is 25.4. The van der Waals surface area contributed by atoms with Crippen LogP contribution < -0.4 is 30.1 Å². The van der Waals surface area contributed by atoms with Crippen molar-refractivity contribution in [1.29, 1.82) is 0 Å². The molecule has 0 saturated heterocycles. The maximum atomic E-state index is 11.7. The molecule has 1 aromatic heterocycles. The molecule has 0 unspecified atom stereocenters. The van der Waals surface area contributed by atoms with E-state index in [1.54, 1.807) is 27.5 Å². The molecule has 1 N–H and O–H groups in total. The molecule has 0 radical (unpaired) electrons. The van der Waals surface area contributed by atoms with Gasteiger partial charge >= 0.3 is 5.97 Å². The first kappa shape index (κ1) is 25.4. The minimum Gasteiger partial charge on any atom is -0.493 e. The van der Waals surface area contributed by atoms with Crippen LogP contribution in [0.3, 0.4) is 0 Å². The molecule has 8 heteroatoms. The number of amidine groups is 1. The van der Waals surface area contributed by atoms with Gasteiger partial charge < -0.3 is 28.8 Å². The molecule has 8 nitrogen and oxygen atoms in total. The van der Waals surface area contributed by atoms with Crippen molar-refractivity contribution in [1.82, 2.24) is 4.57 Å². The second-order valence-corrected chi connectivity index (χ2v) is 7.73. The van der Waals surface area contributed by atoms with Crippen LogP contribution in [0.2, 0.25) is 0 Å². The summed E-state index contributed by atoms with van der Waals surface area (Å²) in [4.78, 5) is 16.3. The van der Waals surface area contributed by atoms with Gasteiger partial charge in [0.25, 0.3) is 0 Å². The predicted octanol–water partition coefficient (Wildman–Crippen LogP) is 3.48. The van der Waals surface area contributed by atoms with Gasteiger partial charge in [0.2, 0.25) is 5.75 Å². The Balaban J connectivity index is 1.85. The molecule has 1 heterocycles. The number of methoxy groups -OCH3 is 4. The molecule has 184 valence electrons. The van der Waals surface area contributed by atoms with Crippen molar-refractivity contribution in [3.05, 3.63) is 64.8 Å². The van der Waals surface area contributed by atoms with Crippen molar-refractivity contribution in [2.24, 2.45) is 4.99 Å². The number of nitrogens with zero attached hydrogens (tertiary/aromatic N) is 2. The fraction of sp³-hybridized carbons (Fsp3) is 0.259. The quantitative estimate of drug-likeness (QED) is 0.356. The minimum absolute atomic E-state index is 0.215. The molecule has 3 rings (SSSR count). The monoisotopic (exact) mass is 477 g/mol. The van der Waals surface area contributed by atoms with Gasteiger partial charge in [-0.25, -0.2) is 4.99 Å². The highest BCUT2D eigenvalue weighted by Gasteiger charge is 2.13. The van der Waals surface area contributed by atoms with Crippen molar-refractivity contribution >= 4 is 36.0 Å². The van der Waals surface area contributed by atoms with Gasteiger partial charge in [-0.2, -0.15) is 0 Å². The molecule has 0 atom stereocenters. The van der Waals surface area contributed by atoms with E-state index < -0.39 is 0 Å². The molecule has 1 aliphatic rings.